The van der Waals surface area contributed by atoms with Crippen molar-refractivity contribution in [3.63, 3.8) is 0 Å². The monoisotopic (exact) mass is 387 g/mol. The van der Waals surface area contributed by atoms with E-state index in [-0.39, 0.29) is 18.2 Å². The molecule has 9 heteroatoms. The molecule has 2 amide bonds. The Hall–Kier alpha value is -2.68. The molecule has 1 saturated heterocycles. The third-order valence-corrected chi connectivity index (χ3v) is 5.38. The molecule has 1 unspecified atom stereocenters. The summed E-state index contributed by atoms with van der Waals surface area (Å²) in [5.74, 6) is 1.68. The van der Waals surface area contributed by atoms with E-state index in [1.807, 2.05) is 35.4 Å². The van der Waals surface area contributed by atoms with Crippen molar-refractivity contribution < 1.29 is 9.59 Å². The number of hydrogen-bond donors (Lipinski definition) is 3. The maximum Gasteiger partial charge on any atom is 0.228 e. The summed E-state index contributed by atoms with van der Waals surface area (Å²) in [6, 6.07) is 0. The average molecular weight is 387 g/mol. The third-order valence-electron chi connectivity index (χ3n) is 5.38. The van der Waals surface area contributed by atoms with Gasteiger partial charge in [0.25, 0.3) is 0 Å². The topological polar surface area (TPSA) is 106 Å². The molecule has 3 heterocycles. The summed E-state index contributed by atoms with van der Waals surface area (Å²) in [6.45, 7) is 7.49. The average Bonchev–Trinajstić information content (AvgIpc) is 3.39. The van der Waals surface area contributed by atoms with Gasteiger partial charge in [-0.25, -0.2) is 9.97 Å². The van der Waals surface area contributed by atoms with Gasteiger partial charge in [0.05, 0.1) is 5.41 Å². The number of nitrogens with one attached hydrogen (secondary N) is 3. The molecule has 9 nitrogen and oxygen atoms in total. The maximum absolute atomic E-state index is 12.9. The van der Waals surface area contributed by atoms with Gasteiger partial charge < -0.3 is 25.1 Å². The van der Waals surface area contributed by atoms with E-state index in [0.717, 1.165) is 18.2 Å². The Balaban J connectivity index is 1.48. The SMILES string of the molecule is Cc1nccn1CCNC(=O)CC1(C(=O)NCCn2ccnc2C)CCNC1. The van der Waals surface area contributed by atoms with Crippen LogP contribution in [-0.2, 0) is 22.7 Å². The second-order valence-corrected chi connectivity index (χ2v) is 7.33. The van der Waals surface area contributed by atoms with Gasteiger partial charge in [-0.3, -0.25) is 9.59 Å². The first kappa shape index (κ1) is 20.1. The molecular weight excluding hydrogens is 358 g/mol. The van der Waals surface area contributed by atoms with E-state index in [9.17, 15) is 9.59 Å². The molecule has 28 heavy (non-hydrogen) atoms. The Labute approximate surface area is 164 Å². The number of rotatable bonds is 9. The van der Waals surface area contributed by atoms with Crippen LogP contribution in [0.3, 0.4) is 0 Å². The van der Waals surface area contributed by atoms with Crippen LogP contribution < -0.4 is 16.0 Å². The summed E-state index contributed by atoms with van der Waals surface area (Å²) in [5, 5.41) is 9.17. The smallest absolute Gasteiger partial charge is 0.228 e. The molecule has 0 aromatic carbocycles. The second-order valence-electron chi connectivity index (χ2n) is 7.33. The van der Waals surface area contributed by atoms with Crippen LogP contribution in [0.1, 0.15) is 24.5 Å². The van der Waals surface area contributed by atoms with Gasteiger partial charge in [-0.2, -0.15) is 0 Å². The van der Waals surface area contributed by atoms with Crippen LogP contribution in [-0.4, -0.2) is 57.1 Å². The van der Waals surface area contributed by atoms with Crippen LogP contribution in [0.15, 0.2) is 24.8 Å². The van der Waals surface area contributed by atoms with Gasteiger partial charge in [-0.1, -0.05) is 0 Å². The molecule has 1 fully saturated rings. The van der Waals surface area contributed by atoms with Crippen molar-refractivity contribution in [2.24, 2.45) is 5.41 Å². The number of hydrogen-bond acceptors (Lipinski definition) is 5. The predicted molar refractivity (Wildman–Crippen MR) is 104 cm³/mol. The standard InChI is InChI=1S/C19H29N7O2/c1-15-21-5-9-25(15)11-7-23-17(27)13-19(3-4-20-14-19)18(28)24-8-12-26-10-6-22-16(26)2/h5-6,9-10,20H,3-4,7-8,11-14H2,1-2H3,(H,23,27)(H,24,28). The van der Waals surface area contributed by atoms with Gasteiger partial charge in [-0.15, -0.1) is 0 Å². The van der Waals surface area contributed by atoms with Gasteiger partial charge in [0.15, 0.2) is 0 Å². The summed E-state index contributed by atoms with van der Waals surface area (Å²) in [6.07, 6.45) is 8.13. The number of carbonyl (C=O) groups excluding carboxylic acids is 2. The highest BCUT2D eigenvalue weighted by atomic mass is 16.2. The quantitative estimate of drug-likeness (QED) is 0.562. The summed E-state index contributed by atoms with van der Waals surface area (Å²) < 4.78 is 3.97. The van der Waals surface area contributed by atoms with Gasteiger partial charge >= 0.3 is 0 Å². The number of amides is 2. The van der Waals surface area contributed by atoms with Crippen LogP contribution in [0, 0.1) is 19.3 Å². The number of nitrogens with zero attached hydrogens (tertiary/aromatic N) is 4. The van der Waals surface area contributed by atoms with Crippen molar-refractivity contribution in [2.45, 2.75) is 39.8 Å². The Morgan fingerprint density at radius 1 is 1.07 bits per heavy atom. The Morgan fingerprint density at radius 3 is 2.18 bits per heavy atom. The Bertz CT molecular complexity index is 805. The number of aromatic nitrogens is 4. The van der Waals surface area contributed by atoms with Crippen molar-refractivity contribution in [3.05, 3.63) is 36.4 Å². The van der Waals surface area contributed by atoms with Gasteiger partial charge in [0, 0.05) is 63.9 Å². The predicted octanol–water partition coefficient (Wildman–Crippen LogP) is -0.00116. The lowest BCUT2D eigenvalue weighted by atomic mass is 9.82. The first-order chi connectivity index (χ1) is 13.5. The summed E-state index contributed by atoms with van der Waals surface area (Å²) in [5.41, 5.74) is -0.682. The Morgan fingerprint density at radius 2 is 1.68 bits per heavy atom. The number of carbonyl (C=O) groups is 2. The van der Waals surface area contributed by atoms with E-state index in [0.29, 0.717) is 39.1 Å². The molecule has 3 rings (SSSR count). The minimum absolute atomic E-state index is 0.0594. The molecule has 3 N–H and O–H groups in total. The highest BCUT2D eigenvalue weighted by molar-refractivity contribution is 5.89. The molecule has 2 aromatic rings. The van der Waals surface area contributed by atoms with Crippen molar-refractivity contribution in [1.29, 1.82) is 0 Å². The van der Waals surface area contributed by atoms with Gasteiger partial charge in [0.2, 0.25) is 11.8 Å². The zero-order valence-electron chi connectivity index (χ0n) is 16.6. The highest BCUT2D eigenvalue weighted by Crippen LogP contribution is 2.30. The second kappa shape index (κ2) is 9.01. The molecule has 1 atom stereocenters. The molecule has 2 aromatic heterocycles. The van der Waals surface area contributed by atoms with E-state index in [2.05, 4.69) is 25.9 Å². The van der Waals surface area contributed by atoms with Crippen molar-refractivity contribution >= 4 is 11.8 Å². The molecule has 152 valence electrons. The molecule has 0 radical (unpaired) electrons. The van der Waals surface area contributed by atoms with E-state index in [4.69, 9.17) is 0 Å². The van der Waals surface area contributed by atoms with Crippen molar-refractivity contribution in [2.75, 3.05) is 26.2 Å². The summed E-state index contributed by atoms with van der Waals surface area (Å²) >= 11 is 0. The molecule has 1 aliphatic rings. The van der Waals surface area contributed by atoms with Crippen LogP contribution in [0.25, 0.3) is 0 Å². The fourth-order valence-electron chi connectivity index (χ4n) is 3.61. The van der Waals surface area contributed by atoms with Gasteiger partial charge in [-0.05, 0) is 26.8 Å². The first-order valence-electron chi connectivity index (χ1n) is 9.71. The zero-order valence-corrected chi connectivity index (χ0v) is 16.6. The molecule has 0 bridgehead atoms. The fourth-order valence-corrected chi connectivity index (χ4v) is 3.61. The van der Waals surface area contributed by atoms with Crippen molar-refractivity contribution in [1.82, 2.24) is 35.1 Å². The Kier molecular flexibility index (Phi) is 6.45. The highest BCUT2D eigenvalue weighted by Gasteiger charge is 2.42. The van der Waals surface area contributed by atoms with Gasteiger partial charge in [0.1, 0.15) is 11.6 Å². The number of imidazole rings is 2. The molecule has 0 saturated carbocycles. The number of aryl methyl sites for hydroxylation is 2. The lowest BCUT2D eigenvalue weighted by Crippen LogP contribution is -2.46. The minimum atomic E-state index is -0.682. The minimum Gasteiger partial charge on any atom is -0.354 e. The third kappa shape index (κ3) is 4.78. The molecule has 0 aliphatic carbocycles. The van der Waals surface area contributed by atoms with Crippen molar-refractivity contribution in [3.8, 4) is 0 Å². The van der Waals surface area contributed by atoms with E-state index in [1.54, 1.807) is 12.4 Å². The largest absolute Gasteiger partial charge is 0.354 e. The molecular formula is C19H29N7O2. The first-order valence-corrected chi connectivity index (χ1v) is 9.71. The van der Waals surface area contributed by atoms with E-state index < -0.39 is 5.41 Å². The maximum atomic E-state index is 12.9. The van der Waals surface area contributed by atoms with Crippen LogP contribution >= 0.6 is 0 Å². The van der Waals surface area contributed by atoms with E-state index in [1.165, 1.54) is 0 Å². The lowest BCUT2D eigenvalue weighted by Gasteiger charge is -2.26. The van der Waals surface area contributed by atoms with Crippen LogP contribution in [0.5, 0.6) is 0 Å². The van der Waals surface area contributed by atoms with Crippen LogP contribution in [0.4, 0.5) is 0 Å². The van der Waals surface area contributed by atoms with E-state index >= 15 is 0 Å². The summed E-state index contributed by atoms with van der Waals surface area (Å²) in [7, 11) is 0. The molecule has 1 aliphatic heterocycles. The normalized spacial score (nSPS) is 18.9. The zero-order chi connectivity index (χ0) is 20.0. The lowest BCUT2D eigenvalue weighted by molar-refractivity contribution is -0.135. The summed E-state index contributed by atoms with van der Waals surface area (Å²) in [4.78, 5) is 33.7. The fraction of sp³-hybridized carbons (Fsp3) is 0.579. The van der Waals surface area contributed by atoms with Crippen LogP contribution in [0.2, 0.25) is 0 Å². The molecule has 0 spiro atoms.